The Bertz CT molecular complexity index is 2740. The Hall–Kier alpha value is -6.46. The van der Waals surface area contributed by atoms with E-state index in [2.05, 4.69) is 77.3 Å². The first kappa shape index (κ1) is 60.2. The van der Waals surface area contributed by atoms with Crippen molar-refractivity contribution in [3.05, 3.63) is 87.9 Å². The monoisotopic (exact) mass is 1110 g/mol. The smallest absolute Gasteiger partial charge is 0.407 e. The van der Waals surface area contributed by atoms with Gasteiger partial charge in [-0.25, -0.2) is 19.4 Å². The molecule has 1 aliphatic carbocycles. The first-order valence-electron chi connectivity index (χ1n) is 28.3. The van der Waals surface area contributed by atoms with Crippen molar-refractivity contribution in [3.8, 4) is 22.5 Å². The SMILES string of the molecule is [2H]CC1OC(N2C=C(C)C(NCCCOCCOCCOCCCNC(=O)OCCN(C)C(=O)c3ccccc3-c3c4cc(C)c(=[NH+]CC)cc-4oc4cc(C)c(C)cc34)NC2=O)CC1OC(=O)COCC(=O)NCCCC.[3H]OC. The standard InChI is InChI=1S/C57H79N7O13.CH4O/c1-9-11-18-59-50(65)35-73-36-52(66)77-47-33-51(75-41(47)7)64-34-40(6)54(62-56(64)68)60-19-14-22-70-25-27-72-28-26-71-23-15-20-61-57(69)74-24-21-63(8)55(67)43-17-13-12-16-42(43)53-44-29-37(3)38(4)31-48(44)76-49-32-46(58-10-2)39(5)30-45(49)53;1-2/h12-13,16-17,29-32,34,41,47,51,54,60H,9-11,14-15,18-28,33,35-36H2,1-8H3,(H,59,65)(H,61,69)(H,62,68);2H,1H3/p+1/i7D;2T. The van der Waals surface area contributed by atoms with Crippen molar-refractivity contribution < 1.29 is 73.0 Å². The van der Waals surface area contributed by atoms with Crippen molar-refractivity contribution in [1.82, 2.24) is 31.1 Å². The van der Waals surface area contributed by atoms with Crippen LogP contribution in [0.25, 0.3) is 33.4 Å². The molecule has 5 amide bonds. The van der Waals surface area contributed by atoms with Crippen LogP contribution in [0.2, 0.25) is 0 Å². The molecule has 3 aliphatic heterocycles. The predicted molar refractivity (Wildman–Crippen MR) is 297 cm³/mol. The third kappa shape index (κ3) is 19.1. The number of unbranched alkanes of at least 4 members (excludes halogenated alkanes) is 1. The molecular weight excluding hydrogens is 1020 g/mol. The molecule has 21 nitrogen and oxygen atoms in total. The Morgan fingerprint density at radius 1 is 0.873 bits per heavy atom. The van der Waals surface area contributed by atoms with Crippen LogP contribution < -0.4 is 31.6 Å². The van der Waals surface area contributed by atoms with E-state index in [0.717, 1.165) is 80.4 Å². The van der Waals surface area contributed by atoms with Gasteiger partial charge in [-0.05, 0) is 114 Å². The fourth-order valence-corrected chi connectivity index (χ4v) is 8.79. The number of hydrogen-bond acceptors (Lipinski definition) is 15. The number of nitrogens with zero attached hydrogens (tertiary/aromatic N) is 2. The van der Waals surface area contributed by atoms with Crippen molar-refractivity contribution in [2.75, 3.05) is 106 Å². The van der Waals surface area contributed by atoms with Gasteiger partial charge in [-0.2, -0.15) is 0 Å². The van der Waals surface area contributed by atoms with E-state index in [9.17, 15) is 24.0 Å². The zero-order valence-electron chi connectivity index (χ0n) is 49.3. The number of benzene rings is 3. The molecule has 0 bridgehead atoms. The minimum atomic E-state index is -0.748. The molecule has 2 aromatic carbocycles. The first-order chi connectivity index (χ1) is 39.1. The molecule has 3 heterocycles. The van der Waals surface area contributed by atoms with Crippen LogP contribution in [0.1, 0.15) is 88.2 Å². The lowest BCUT2D eigenvalue weighted by molar-refractivity contribution is -0.496. The molecule has 6 N–H and O–H groups in total. The van der Waals surface area contributed by atoms with E-state index in [-0.39, 0.29) is 50.9 Å². The highest BCUT2D eigenvalue weighted by Gasteiger charge is 2.41. The van der Waals surface area contributed by atoms with Crippen LogP contribution in [0.3, 0.4) is 0 Å². The van der Waals surface area contributed by atoms with Crippen LogP contribution in [-0.4, -0.2) is 177 Å². The normalized spacial score (nSPS) is 17.6. The summed E-state index contributed by atoms with van der Waals surface area (Å²) in [5.41, 5.74) is 8.04. The number of hydrogen-bond donors (Lipinski definition) is 6. The molecule has 0 aromatic heterocycles. The van der Waals surface area contributed by atoms with Crippen LogP contribution in [0.4, 0.5) is 9.59 Å². The summed E-state index contributed by atoms with van der Waals surface area (Å²) in [6.07, 6.45) is 1.77. The summed E-state index contributed by atoms with van der Waals surface area (Å²) in [5.74, 6) is -0.468. The van der Waals surface area contributed by atoms with Crippen LogP contribution >= 0.6 is 0 Å². The Kier molecular flexibility index (Phi) is 25.3. The summed E-state index contributed by atoms with van der Waals surface area (Å²) in [7, 11) is 2.99. The molecule has 434 valence electrons. The first-order valence-corrected chi connectivity index (χ1v) is 27.2. The van der Waals surface area contributed by atoms with Crippen LogP contribution in [-0.2, 0) is 42.7 Å². The molecule has 4 atom stereocenters. The molecule has 21 heteroatoms. The summed E-state index contributed by atoms with van der Waals surface area (Å²) in [5, 5.41) is 17.1. The zero-order chi connectivity index (χ0) is 58.7. The van der Waals surface area contributed by atoms with E-state index in [1.54, 1.807) is 18.1 Å². The fourth-order valence-electron chi connectivity index (χ4n) is 8.79. The maximum absolute atomic E-state index is 14.1. The number of fused-ring (bicyclic) bond motifs is 2. The second-order valence-electron chi connectivity index (χ2n) is 19.2. The molecule has 1 saturated heterocycles. The third-order valence-electron chi connectivity index (χ3n) is 13.2. The number of carbonyl (C=O) groups is 5. The van der Waals surface area contributed by atoms with E-state index in [1.165, 1.54) is 12.0 Å². The molecule has 6 rings (SSSR count). The number of rotatable bonds is 30. The number of likely N-dealkylation sites (N-methyl/N-ethyl adjacent to an activating group) is 1. The topological polar surface area (TPSA) is 252 Å². The molecule has 79 heavy (non-hydrogen) atoms. The van der Waals surface area contributed by atoms with Gasteiger partial charge < -0.3 is 63.5 Å². The van der Waals surface area contributed by atoms with Crippen molar-refractivity contribution in [3.63, 3.8) is 0 Å². The number of nitrogens with one attached hydrogen (secondary N) is 5. The Balaban J connectivity index is 0.00000392. The number of aliphatic hydroxyl groups is 1. The van der Waals surface area contributed by atoms with Crippen molar-refractivity contribution in [2.45, 2.75) is 105 Å². The minimum absolute atomic E-state index is 0.0167. The van der Waals surface area contributed by atoms with Gasteiger partial charge in [0.15, 0.2) is 0 Å². The summed E-state index contributed by atoms with van der Waals surface area (Å²) >= 11 is 0. The van der Waals surface area contributed by atoms with Gasteiger partial charge in [0.05, 0.1) is 45.1 Å². The lowest BCUT2D eigenvalue weighted by atomic mass is 9.88. The van der Waals surface area contributed by atoms with Crippen LogP contribution in [0.15, 0.2) is 64.7 Å². The van der Waals surface area contributed by atoms with E-state index in [1.807, 2.05) is 44.2 Å². The van der Waals surface area contributed by atoms with Crippen molar-refractivity contribution >= 4 is 40.9 Å². The van der Waals surface area contributed by atoms with E-state index >= 15 is 0 Å². The average molecular weight is 1110 g/mol. The molecule has 0 spiro atoms. The Labute approximate surface area is 466 Å². The minimum Gasteiger partial charge on any atom is -0.458 e. The maximum Gasteiger partial charge on any atom is 0.407 e. The fraction of sp³-hybridized carbons (Fsp3) is 0.552. The number of aryl methyl sites for hydroxylation is 3. The highest BCUT2D eigenvalue weighted by Crippen LogP contribution is 2.42. The van der Waals surface area contributed by atoms with Crippen molar-refractivity contribution in [1.29, 1.82) is 1.43 Å². The number of amides is 5. The molecule has 4 aliphatic rings. The van der Waals surface area contributed by atoms with Gasteiger partial charge in [0.25, 0.3) is 5.91 Å². The van der Waals surface area contributed by atoms with Gasteiger partial charge in [-0.1, -0.05) is 31.5 Å². The van der Waals surface area contributed by atoms with Gasteiger partial charge in [-0.3, -0.25) is 19.8 Å². The Morgan fingerprint density at radius 3 is 2.29 bits per heavy atom. The summed E-state index contributed by atoms with van der Waals surface area (Å²) in [4.78, 5) is 70.3. The lowest BCUT2D eigenvalue weighted by Crippen LogP contribution is -2.76. The van der Waals surface area contributed by atoms with Crippen LogP contribution in [0, 0.1) is 20.8 Å². The van der Waals surface area contributed by atoms with Gasteiger partial charge in [-0.15, -0.1) is 0 Å². The highest BCUT2D eigenvalue weighted by atomic mass is 16.6. The van der Waals surface area contributed by atoms with Crippen molar-refractivity contribution in [2.24, 2.45) is 0 Å². The molecular formula is C58H84N7O14+. The summed E-state index contributed by atoms with van der Waals surface area (Å²) in [6, 6.07) is 15.5. The number of esters is 1. The van der Waals surface area contributed by atoms with E-state index in [4.69, 9.17) is 40.4 Å². The number of aliphatic hydroxyl groups excluding tert-OH is 1. The number of urea groups is 1. The van der Waals surface area contributed by atoms with E-state index < -0.39 is 43.3 Å². The van der Waals surface area contributed by atoms with Gasteiger partial charge in [0, 0.05) is 82.1 Å². The number of alkyl carbamates (subject to hydrolysis) is 1. The van der Waals surface area contributed by atoms with Crippen LogP contribution in [0.5, 0.6) is 0 Å². The van der Waals surface area contributed by atoms with Gasteiger partial charge >= 0.3 is 18.1 Å². The molecule has 2 aromatic rings. The zero-order valence-corrected chi connectivity index (χ0v) is 47.3. The maximum atomic E-state index is 14.1. The summed E-state index contributed by atoms with van der Waals surface area (Å²) < 4.78 is 59.1. The Morgan fingerprint density at radius 2 is 1.57 bits per heavy atom. The summed E-state index contributed by atoms with van der Waals surface area (Å²) in [6.45, 7) is 16.3. The second kappa shape index (κ2) is 33.2. The second-order valence-corrected chi connectivity index (χ2v) is 19.2. The average Bonchev–Trinajstić information content (AvgIpc) is 3.89. The molecule has 4 unspecified atom stereocenters. The molecule has 1 fully saturated rings. The highest BCUT2D eigenvalue weighted by molar-refractivity contribution is 6.09. The van der Waals surface area contributed by atoms with E-state index in [0.29, 0.717) is 77.7 Å². The molecule has 0 radical (unpaired) electrons. The number of carbonyl (C=O) groups excluding carboxylic acids is 5. The predicted octanol–water partition coefficient (Wildman–Crippen LogP) is 4.19. The van der Waals surface area contributed by atoms with Gasteiger partial charge in [0.1, 0.15) is 56.2 Å². The quantitative estimate of drug-likeness (QED) is 0.0243. The lowest BCUT2D eigenvalue weighted by Gasteiger charge is -2.34. The largest absolute Gasteiger partial charge is 0.458 e. The number of ether oxygens (including phenoxy) is 7. The van der Waals surface area contributed by atoms with Gasteiger partial charge in [0.2, 0.25) is 12.7 Å². The third-order valence-corrected chi connectivity index (χ3v) is 13.2. The molecule has 0 saturated carbocycles.